The van der Waals surface area contributed by atoms with Gasteiger partial charge in [0.15, 0.2) is 6.10 Å². The third-order valence-corrected chi connectivity index (χ3v) is 12.2. The molecule has 0 saturated heterocycles. The highest BCUT2D eigenvalue weighted by atomic mass is 16.6. The fraction of sp³-hybridized carbons (Fsp3) is 0.770. The molecule has 0 aliphatic rings. The van der Waals surface area contributed by atoms with Crippen LogP contribution in [0.1, 0.15) is 278 Å². The van der Waals surface area contributed by atoms with Crippen molar-refractivity contribution in [3.8, 4) is 0 Å². The van der Waals surface area contributed by atoms with Gasteiger partial charge in [0.25, 0.3) is 0 Å². The molecule has 0 fully saturated rings. The van der Waals surface area contributed by atoms with Gasteiger partial charge in [-0.2, -0.15) is 0 Å². The molecular formula is C61H108O5. The van der Waals surface area contributed by atoms with Gasteiger partial charge in [0, 0.05) is 19.4 Å². The van der Waals surface area contributed by atoms with Crippen molar-refractivity contribution in [1.29, 1.82) is 0 Å². The number of esters is 2. The lowest BCUT2D eigenvalue weighted by molar-refractivity contribution is -0.163. The van der Waals surface area contributed by atoms with Crippen molar-refractivity contribution in [3.05, 3.63) is 72.9 Å². The zero-order valence-electron chi connectivity index (χ0n) is 44.0. The van der Waals surface area contributed by atoms with Crippen LogP contribution in [0.5, 0.6) is 0 Å². The van der Waals surface area contributed by atoms with Crippen LogP contribution in [0.2, 0.25) is 0 Å². The molecule has 0 heterocycles. The standard InChI is InChI=1S/C61H108O5/c1-4-7-10-13-16-19-22-25-28-30-31-32-34-37-40-43-46-49-52-55-61(63)66-59(57-64-56-53-50-47-44-41-38-35-29-26-23-20-17-14-11-8-5-2)58-65-60(62)54-51-48-45-42-39-36-33-27-24-21-18-15-12-9-6-3/h9,12,16,18-19,21,25,27-28,33,39,42,59H,4-8,10-11,13-15,17,20,22-24,26,29-32,34-38,40-41,43-58H2,1-3H3/b12-9-,19-16-,21-18-,28-25-,33-27-,42-39-/t59-/m1/s1. The summed E-state index contributed by atoms with van der Waals surface area (Å²) in [4.78, 5) is 25.5. The first-order chi connectivity index (χ1) is 32.6. The lowest BCUT2D eigenvalue weighted by Crippen LogP contribution is -2.30. The Morgan fingerprint density at radius 2 is 0.682 bits per heavy atom. The number of allylic oxidation sites excluding steroid dienone is 12. The Labute approximate surface area is 410 Å². The molecule has 5 nitrogen and oxygen atoms in total. The molecule has 0 aliphatic carbocycles. The van der Waals surface area contributed by atoms with E-state index in [4.69, 9.17) is 14.2 Å². The predicted octanol–water partition coefficient (Wildman–Crippen LogP) is 19.5. The quantitative estimate of drug-likeness (QED) is 0.0346. The smallest absolute Gasteiger partial charge is 0.306 e. The van der Waals surface area contributed by atoms with Crippen molar-refractivity contribution in [1.82, 2.24) is 0 Å². The first kappa shape index (κ1) is 63.3. The van der Waals surface area contributed by atoms with Crippen molar-refractivity contribution in [2.45, 2.75) is 284 Å². The predicted molar refractivity (Wildman–Crippen MR) is 288 cm³/mol. The van der Waals surface area contributed by atoms with Gasteiger partial charge in [0.2, 0.25) is 0 Å². The second-order valence-electron chi connectivity index (χ2n) is 18.8. The molecule has 0 amide bonds. The molecule has 5 heteroatoms. The Morgan fingerprint density at radius 1 is 0.348 bits per heavy atom. The van der Waals surface area contributed by atoms with Crippen LogP contribution in [-0.2, 0) is 23.8 Å². The van der Waals surface area contributed by atoms with Gasteiger partial charge in [-0.25, -0.2) is 0 Å². The Kier molecular flexibility index (Phi) is 54.4. The summed E-state index contributed by atoms with van der Waals surface area (Å²) in [6.07, 6.45) is 73.5. The maximum Gasteiger partial charge on any atom is 0.306 e. The Bertz CT molecular complexity index is 1180. The topological polar surface area (TPSA) is 61.8 Å². The third-order valence-electron chi connectivity index (χ3n) is 12.2. The van der Waals surface area contributed by atoms with Crippen LogP contribution in [0, 0.1) is 0 Å². The number of rotatable bonds is 52. The fourth-order valence-corrected chi connectivity index (χ4v) is 8.00. The van der Waals surface area contributed by atoms with Crippen LogP contribution in [-0.4, -0.2) is 37.9 Å². The molecule has 0 aromatic rings. The van der Waals surface area contributed by atoms with Gasteiger partial charge in [0.1, 0.15) is 6.61 Å². The van der Waals surface area contributed by atoms with E-state index in [1.807, 2.05) is 0 Å². The molecule has 0 aliphatic heterocycles. The van der Waals surface area contributed by atoms with E-state index in [-0.39, 0.29) is 25.2 Å². The van der Waals surface area contributed by atoms with Crippen LogP contribution in [0.15, 0.2) is 72.9 Å². The van der Waals surface area contributed by atoms with Crippen LogP contribution in [0.4, 0.5) is 0 Å². The molecule has 66 heavy (non-hydrogen) atoms. The summed E-state index contributed by atoms with van der Waals surface area (Å²) in [6.45, 7) is 7.68. The molecule has 0 rings (SSSR count). The van der Waals surface area contributed by atoms with Crippen molar-refractivity contribution in [3.63, 3.8) is 0 Å². The van der Waals surface area contributed by atoms with Crippen LogP contribution in [0.3, 0.4) is 0 Å². The lowest BCUT2D eigenvalue weighted by atomic mass is 10.0. The summed E-state index contributed by atoms with van der Waals surface area (Å²) in [5.74, 6) is -0.440. The summed E-state index contributed by atoms with van der Waals surface area (Å²) >= 11 is 0. The summed E-state index contributed by atoms with van der Waals surface area (Å²) in [5.41, 5.74) is 0. The number of hydrogen-bond acceptors (Lipinski definition) is 5. The molecule has 1 atom stereocenters. The minimum absolute atomic E-state index is 0.0627. The summed E-state index contributed by atoms with van der Waals surface area (Å²) < 4.78 is 17.4. The van der Waals surface area contributed by atoms with Crippen molar-refractivity contribution < 1.29 is 23.8 Å². The first-order valence-electron chi connectivity index (χ1n) is 28.5. The van der Waals surface area contributed by atoms with E-state index in [1.165, 1.54) is 161 Å². The van der Waals surface area contributed by atoms with Gasteiger partial charge in [-0.3, -0.25) is 9.59 Å². The van der Waals surface area contributed by atoms with Gasteiger partial charge >= 0.3 is 11.9 Å². The van der Waals surface area contributed by atoms with Crippen LogP contribution in [0.25, 0.3) is 0 Å². The largest absolute Gasteiger partial charge is 0.462 e. The van der Waals surface area contributed by atoms with E-state index < -0.39 is 6.10 Å². The van der Waals surface area contributed by atoms with E-state index >= 15 is 0 Å². The number of carbonyl (C=O) groups excluding carboxylic acids is 2. The second-order valence-corrected chi connectivity index (χ2v) is 18.8. The van der Waals surface area contributed by atoms with Gasteiger partial charge in [-0.05, 0) is 89.9 Å². The normalized spacial score (nSPS) is 12.7. The Morgan fingerprint density at radius 3 is 1.15 bits per heavy atom. The number of hydrogen-bond donors (Lipinski definition) is 0. The molecule has 0 bridgehead atoms. The van der Waals surface area contributed by atoms with Crippen molar-refractivity contribution >= 4 is 11.9 Å². The molecule has 0 unspecified atom stereocenters. The monoisotopic (exact) mass is 921 g/mol. The van der Waals surface area contributed by atoms with Crippen molar-refractivity contribution in [2.24, 2.45) is 0 Å². The maximum absolute atomic E-state index is 12.9. The molecule has 382 valence electrons. The van der Waals surface area contributed by atoms with Gasteiger partial charge in [0.05, 0.1) is 6.61 Å². The summed E-state index contributed by atoms with van der Waals surface area (Å²) in [7, 11) is 0. The highest BCUT2D eigenvalue weighted by molar-refractivity contribution is 5.70. The van der Waals surface area contributed by atoms with E-state index in [9.17, 15) is 9.59 Å². The Hall–Kier alpha value is -2.66. The molecule has 0 spiro atoms. The number of ether oxygens (including phenoxy) is 3. The molecule has 0 saturated carbocycles. The molecule has 0 aromatic heterocycles. The minimum Gasteiger partial charge on any atom is -0.462 e. The minimum atomic E-state index is -0.556. The summed E-state index contributed by atoms with van der Waals surface area (Å²) in [5, 5.41) is 0. The SMILES string of the molecule is CC/C=C\C/C=C\C/C=C\C/C=C\CCCCC(=O)OC[C@@H](COCCCCCCCCCCCCCCCCCC)OC(=O)CCCCCCCCCCC/C=C\C/C=C\CCCCC. The first-order valence-corrected chi connectivity index (χ1v) is 28.5. The van der Waals surface area contributed by atoms with Gasteiger partial charge < -0.3 is 14.2 Å². The molecule has 0 N–H and O–H groups in total. The average molecular weight is 922 g/mol. The van der Waals surface area contributed by atoms with Crippen LogP contribution >= 0.6 is 0 Å². The third kappa shape index (κ3) is 54.0. The molecular weight excluding hydrogens is 813 g/mol. The fourth-order valence-electron chi connectivity index (χ4n) is 8.00. The zero-order valence-corrected chi connectivity index (χ0v) is 44.0. The number of carbonyl (C=O) groups is 2. The van der Waals surface area contributed by atoms with Crippen LogP contribution < -0.4 is 0 Å². The Balaban J connectivity index is 4.31. The highest BCUT2D eigenvalue weighted by Crippen LogP contribution is 2.16. The highest BCUT2D eigenvalue weighted by Gasteiger charge is 2.17. The summed E-state index contributed by atoms with van der Waals surface area (Å²) in [6, 6.07) is 0. The maximum atomic E-state index is 12.9. The molecule has 0 radical (unpaired) electrons. The molecule has 0 aromatic carbocycles. The lowest BCUT2D eigenvalue weighted by Gasteiger charge is -2.18. The van der Waals surface area contributed by atoms with E-state index in [0.29, 0.717) is 19.4 Å². The zero-order chi connectivity index (χ0) is 47.7. The second kappa shape index (κ2) is 56.7. The van der Waals surface area contributed by atoms with Gasteiger partial charge in [-0.1, -0.05) is 248 Å². The van der Waals surface area contributed by atoms with Gasteiger partial charge in [-0.15, -0.1) is 0 Å². The van der Waals surface area contributed by atoms with E-state index in [1.54, 1.807) is 0 Å². The van der Waals surface area contributed by atoms with E-state index in [2.05, 4.69) is 93.7 Å². The van der Waals surface area contributed by atoms with E-state index in [0.717, 1.165) is 83.5 Å². The number of unbranched alkanes of at least 4 members (excludes halogenated alkanes) is 29. The average Bonchev–Trinajstić information content (AvgIpc) is 3.32. The van der Waals surface area contributed by atoms with Crippen molar-refractivity contribution in [2.75, 3.05) is 19.8 Å².